The first-order valence-corrected chi connectivity index (χ1v) is 7.24. The Kier molecular flexibility index (Phi) is 4.38. The lowest BCUT2D eigenvalue weighted by molar-refractivity contribution is 0.122. The third-order valence-electron chi connectivity index (χ3n) is 3.19. The minimum Gasteiger partial charge on any atom is -0.378 e. The average Bonchev–Trinajstić information content (AvgIpc) is 2.53. The SMILES string of the molecule is Clc1nnnc(Cl)c1Nc1ccc(N2CCOCC2)cc1. The van der Waals surface area contributed by atoms with Crippen LogP contribution in [0.5, 0.6) is 0 Å². The van der Waals surface area contributed by atoms with Gasteiger partial charge in [-0.15, -0.1) is 10.2 Å². The van der Waals surface area contributed by atoms with Crippen LogP contribution < -0.4 is 10.2 Å². The maximum Gasteiger partial charge on any atom is 0.180 e. The first kappa shape index (κ1) is 14.3. The normalized spacial score (nSPS) is 15.0. The number of rotatable bonds is 3. The molecule has 0 atom stereocenters. The summed E-state index contributed by atoms with van der Waals surface area (Å²) in [6, 6.07) is 7.99. The first-order valence-electron chi connectivity index (χ1n) is 6.48. The van der Waals surface area contributed by atoms with Crippen molar-refractivity contribution in [3.8, 4) is 0 Å². The van der Waals surface area contributed by atoms with Crippen LogP contribution in [0.2, 0.25) is 10.3 Å². The van der Waals surface area contributed by atoms with E-state index in [9.17, 15) is 0 Å². The smallest absolute Gasteiger partial charge is 0.180 e. The number of anilines is 3. The molecule has 2 heterocycles. The largest absolute Gasteiger partial charge is 0.378 e. The topological polar surface area (TPSA) is 63.2 Å². The second-order valence-electron chi connectivity index (χ2n) is 4.52. The van der Waals surface area contributed by atoms with E-state index in [0.29, 0.717) is 5.69 Å². The van der Waals surface area contributed by atoms with E-state index >= 15 is 0 Å². The third-order valence-corrected chi connectivity index (χ3v) is 3.72. The summed E-state index contributed by atoms with van der Waals surface area (Å²) < 4.78 is 5.35. The Balaban J connectivity index is 1.75. The van der Waals surface area contributed by atoms with Crippen LogP contribution in [0.4, 0.5) is 17.1 Å². The van der Waals surface area contributed by atoms with E-state index in [1.807, 2.05) is 24.3 Å². The second kappa shape index (κ2) is 6.43. The summed E-state index contributed by atoms with van der Waals surface area (Å²) in [7, 11) is 0. The fourth-order valence-corrected chi connectivity index (χ4v) is 2.50. The lowest BCUT2D eigenvalue weighted by Crippen LogP contribution is -2.36. The van der Waals surface area contributed by atoms with Gasteiger partial charge in [0.25, 0.3) is 0 Å². The summed E-state index contributed by atoms with van der Waals surface area (Å²) in [6.07, 6.45) is 0. The fourth-order valence-electron chi connectivity index (χ4n) is 2.11. The second-order valence-corrected chi connectivity index (χ2v) is 5.23. The molecule has 1 fully saturated rings. The van der Waals surface area contributed by atoms with Crippen molar-refractivity contribution in [2.75, 3.05) is 36.5 Å². The molecule has 0 bridgehead atoms. The van der Waals surface area contributed by atoms with Gasteiger partial charge in [-0.25, -0.2) is 0 Å². The Bertz CT molecular complexity index is 596. The van der Waals surface area contributed by atoms with Gasteiger partial charge in [0.2, 0.25) is 0 Å². The Morgan fingerprint density at radius 3 is 2.24 bits per heavy atom. The highest BCUT2D eigenvalue weighted by atomic mass is 35.5. The van der Waals surface area contributed by atoms with Gasteiger partial charge in [-0.3, -0.25) is 0 Å². The molecule has 0 unspecified atom stereocenters. The van der Waals surface area contributed by atoms with Gasteiger partial charge < -0.3 is 15.0 Å². The van der Waals surface area contributed by atoms with Crippen LogP contribution in [0.3, 0.4) is 0 Å². The highest BCUT2D eigenvalue weighted by molar-refractivity contribution is 6.37. The van der Waals surface area contributed by atoms with Crippen molar-refractivity contribution < 1.29 is 4.74 Å². The molecular weight excluding hydrogens is 313 g/mol. The molecule has 1 aliphatic rings. The molecule has 6 nitrogen and oxygen atoms in total. The van der Waals surface area contributed by atoms with Gasteiger partial charge in [0, 0.05) is 24.5 Å². The number of nitrogens with zero attached hydrogens (tertiary/aromatic N) is 4. The third kappa shape index (κ3) is 3.34. The van der Waals surface area contributed by atoms with Crippen LogP contribution in [-0.2, 0) is 4.74 Å². The molecule has 1 aromatic carbocycles. The van der Waals surface area contributed by atoms with Gasteiger partial charge in [0.15, 0.2) is 10.3 Å². The zero-order valence-corrected chi connectivity index (χ0v) is 12.6. The number of morpholine rings is 1. The van der Waals surface area contributed by atoms with Crippen LogP contribution in [0.1, 0.15) is 0 Å². The molecule has 1 saturated heterocycles. The van der Waals surface area contributed by atoms with Crippen molar-refractivity contribution in [2.45, 2.75) is 0 Å². The quantitative estimate of drug-likeness (QED) is 0.936. The highest BCUT2D eigenvalue weighted by Crippen LogP contribution is 2.29. The number of hydrogen-bond donors (Lipinski definition) is 1. The number of halogens is 2. The molecular formula is C13H13Cl2N5O. The van der Waals surface area contributed by atoms with E-state index in [4.69, 9.17) is 27.9 Å². The minimum atomic E-state index is 0.187. The van der Waals surface area contributed by atoms with Gasteiger partial charge in [-0.05, 0) is 29.5 Å². The Morgan fingerprint density at radius 1 is 1.00 bits per heavy atom. The molecule has 21 heavy (non-hydrogen) atoms. The lowest BCUT2D eigenvalue weighted by atomic mass is 10.2. The van der Waals surface area contributed by atoms with E-state index in [0.717, 1.165) is 37.7 Å². The summed E-state index contributed by atoms with van der Waals surface area (Å²) >= 11 is 11.9. The zero-order valence-electron chi connectivity index (χ0n) is 11.1. The zero-order chi connectivity index (χ0) is 14.7. The van der Waals surface area contributed by atoms with Gasteiger partial charge in [-0.2, -0.15) is 0 Å². The molecule has 0 saturated carbocycles. The molecule has 2 aromatic rings. The molecule has 0 radical (unpaired) electrons. The summed E-state index contributed by atoms with van der Waals surface area (Å²) in [6.45, 7) is 3.34. The number of benzene rings is 1. The summed E-state index contributed by atoms with van der Waals surface area (Å²) in [5.41, 5.74) is 2.46. The molecule has 0 aliphatic carbocycles. The lowest BCUT2D eigenvalue weighted by Gasteiger charge is -2.28. The van der Waals surface area contributed by atoms with E-state index < -0.39 is 0 Å². The van der Waals surface area contributed by atoms with Crippen molar-refractivity contribution >= 4 is 40.3 Å². The van der Waals surface area contributed by atoms with Crippen LogP contribution in [0, 0.1) is 0 Å². The number of ether oxygens (including phenoxy) is 1. The molecule has 3 rings (SSSR count). The Labute approximate surface area is 132 Å². The molecule has 8 heteroatoms. The summed E-state index contributed by atoms with van der Waals surface area (Å²) in [5, 5.41) is 14.2. The fraction of sp³-hybridized carbons (Fsp3) is 0.308. The molecule has 0 amide bonds. The van der Waals surface area contributed by atoms with Gasteiger partial charge >= 0.3 is 0 Å². The van der Waals surface area contributed by atoms with Gasteiger partial charge in [0.05, 0.1) is 13.2 Å². The Morgan fingerprint density at radius 2 is 1.62 bits per heavy atom. The van der Waals surface area contributed by atoms with E-state index in [1.165, 1.54) is 0 Å². The Hall–Kier alpha value is -1.63. The molecule has 1 aliphatic heterocycles. The molecule has 1 aromatic heterocycles. The standard InChI is InChI=1S/C13H13Cl2N5O/c14-12-11(13(15)18-19-17-12)16-9-1-3-10(4-2-9)20-5-7-21-8-6-20/h1-4H,5-8H2,(H,16,19). The van der Waals surface area contributed by atoms with Crippen LogP contribution in [0.25, 0.3) is 0 Å². The van der Waals surface area contributed by atoms with Gasteiger partial charge in [-0.1, -0.05) is 23.2 Å². The average molecular weight is 326 g/mol. The van der Waals surface area contributed by atoms with Crippen LogP contribution in [-0.4, -0.2) is 41.7 Å². The number of aromatic nitrogens is 3. The minimum absolute atomic E-state index is 0.187. The summed E-state index contributed by atoms with van der Waals surface area (Å²) in [4.78, 5) is 2.28. The van der Waals surface area contributed by atoms with Gasteiger partial charge in [0.1, 0.15) is 5.69 Å². The monoisotopic (exact) mass is 325 g/mol. The van der Waals surface area contributed by atoms with Crippen molar-refractivity contribution in [1.29, 1.82) is 0 Å². The van der Waals surface area contributed by atoms with Crippen LogP contribution in [0.15, 0.2) is 24.3 Å². The van der Waals surface area contributed by atoms with E-state index in [1.54, 1.807) is 0 Å². The molecule has 1 N–H and O–H groups in total. The van der Waals surface area contributed by atoms with Crippen molar-refractivity contribution in [1.82, 2.24) is 15.4 Å². The predicted octanol–water partition coefficient (Wildman–Crippen LogP) is 2.76. The predicted molar refractivity (Wildman–Crippen MR) is 82.6 cm³/mol. The van der Waals surface area contributed by atoms with Crippen molar-refractivity contribution in [2.24, 2.45) is 0 Å². The maximum atomic E-state index is 5.95. The number of nitrogens with one attached hydrogen (secondary N) is 1. The maximum absolute atomic E-state index is 5.95. The molecule has 0 spiro atoms. The van der Waals surface area contributed by atoms with E-state index in [-0.39, 0.29) is 10.3 Å². The summed E-state index contributed by atoms with van der Waals surface area (Å²) in [5.74, 6) is 0. The van der Waals surface area contributed by atoms with E-state index in [2.05, 4.69) is 25.6 Å². The number of hydrogen-bond acceptors (Lipinski definition) is 6. The highest BCUT2D eigenvalue weighted by Gasteiger charge is 2.12. The molecule has 110 valence electrons. The van der Waals surface area contributed by atoms with Crippen LogP contribution >= 0.6 is 23.2 Å². The van der Waals surface area contributed by atoms with Crippen molar-refractivity contribution in [3.05, 3.63) is 34.6 Å². The first-order chi connectivity index (χ1) is 10.2. The van der Waals surface area contributed by atoms with Crippen molar-refractivity contribution in [3.63, 3.8) is 0 Å².